The van der Waals surface area contributed by atoms with Crippen molar-refractivity contribution >= 4 is 11.6 Å². The third-order valence-electron chi connectivity index (χ3n) is 2.53. The molecule has 3 N–H and O–H groups in total. The first-order valence-electron chi connectivity index (χ1n) is 5.49. The van der Waals surface area contributed by atoms with Gasteiger partial charge in [0.05, 0.1) is 0 Å². The Balaban J connectivity index is 1.80. The van der Waals surface area contributed by atoms with E-state index in [1.807, 2.05) is 24.3 Å². The van der Waals surface area contributed by atoms with E-state index in [4.69, 9.17) is 10.5 Å². The van der Waals surface area contributed by atoms with Gasteiger partial charge < -0.3 is 15.8 Å². The molecular formula is C12H16N2O2. The van der Waals surface area contributed by atoms with Crippen LogP contribution >= 0.6 is 0 Å². The number of carbonyl (C=O) groups excluding carboxylic acids is 1. The number of benzene rings is 1. The van der Waals surface area contributed by atoms with Crippen molar-refractivity contribution in [1.82, 2.24) is 0 Å². The van der Waals surface area contributed by atoms with Crippen LogP contribution in [0.25, 0.3) is 0 Å². The number of nitrogens with one attached hydrogen (secondary N) is 1. The predicted octanol–water partition coefficient (Wildman–Crippen LogP) is 1.37. The SMILES string of the molecule is NC(=O)COc1ccc(NCC2CC2)cc1. The van der Waals surface area contributed by atoms with Gasteiger partial charge in [-0.1, -0.05) is 0 Å². The predicted molar refractivity (Wildman–Crippen MR) is 62.3 cm³/mol. The number of primary amides is 1. The van der Waals surface area contributed by atoms with E-state index in [0.717, 1.165) is 18.2 Å². The summed E-state index contributed by atoms with van der Waals surface area (Å²) in [6.45, 7) is 0.969. The maximum absolute atomic E-state index is 10.5. The van der Waals surface area contributed by atoms with E-state index in [1.165, 1.54) is 12.8 Å². The Morgan fingerprint density at radius 2 is 2.06 bits per heavy atom. The van der Waals surface area contributed by atoms with Crippen molar-refractivity contribution in [3.8, 4) is 5.75 Å². The molecular weight excluding hydrogens is 204 g/mol. The lowest BCUT2D eigenvalue weighted by atomic mass is 10.3. The molecule has 0 radical (unpaired) electrons. The molecule has 0 heterocycles. The molecule has 0 unspecified atom stereocenters. The van der Waals surface area contributed by atoms with Gasteiger partial charge >= 0.3 is 0 Å². The van der Waals surface area contributed by atoms with Crippen LogP contribution in [0.3, 0.4) is 0 Å². The normalized spacial score (nSPS) is 14.5. The molecule has 1 saturated carbocycles. The number of hydrogen-bond acceptors (Lipinski definition) is 3. The molecule has 0 aliphatic heterocycles. The number of ether oxygens (including phenoxy) is 1. The number of carbonyl (C=O) groups is 1. The molecule has 1 aliphatic rings. The summed E-state index contributed by atoms with van der Waals surface area (Å²) >= 11 is 0. The van der Waals surface area contributed by atoms with E-state index in [0.29, 0.717) is 5.75 Å². The molecule has 0 atom stereocenters. The minimum atomic E-state index is -0.462. The maximum Gasteiger partial charge on any atom is 0.255 e. The van der Waals surface area contributed by atoms with Gasteiger partial charge in [-0.25, -0.2) is 0 Å². The largest absolute Gasteiger partial charge is 0.484 e. The Morgan fingerprint density at radius 1 is 1.38 bits per heavy atom. The molecule has 1 aromatic rings. The van der Waals surface area contributed by atoms with Gasteiger partial charge in [0, 0.05) is 12.2 Å². The fourth-order valence-electron chi connectivity index (χ4n) is 1.41. The first-order valence-corrected chi connectivity index (χ1v) is 5.49. The molecule has 0 saturated heterocycles. The molecule has 16 heavy (non-hydrogen) atoms. The topological polar surface area (TPSA) is 64.4 Å². The van der Waals surface area contributed by atoms with Crippen LogP contribution in [0.1, 0.15) is 12.8 Å². The van der Waals surface area contributed by atoms with Crippen molar-refractivity contribution in [1.29, 1.82) is 0 Å². The second-order valence-corrected chi connectivity index (χ2v) is 4.10. The second-order valence-electron chi connectivity index (χ2n) is 4.10. The lowest BCUT2D eigenvalue weighted by Gasteiger charge is -2.07. The maximum atomic E-state index is 10.5. The molecule has 4 nitrogen and oxygen atoms in total. The summed E-state index contributed by atoms with van der Waals surface area (Å²) in [5, 5.41) is 3.35. The standard InChI is InChI=1S/C12H16N2O2/c13-12(15)8-16-11-5-3-10(4-6-11)14-7-9-1-2-9/h3-6,9,14H,1-2,7-8H2,(H2,13,15). The zero-order chi connectivity index (χ0) is 11.4. The molecule has 4 heteroatoms. The van der Waals surface area contributed by atoms with Gasteiger partial charge in [0.15, 0.2) is 6.61 Å². The first-order chi connectivity index (χ1) is 7.74. The Labute approximate surface area is 94.8 Å². The molecule has 1 fully saturated rings. The lowest BCUT2D eigenvalue weighted by Crippen LogP contribution is -2.19. The quantitative estimate of drug-likeness (QED) is 0.761. The zero-order valence-corrected chi connectivity index (χ0v) is 9.11. The van der Waals surface area contributed by atoms with Gasteiger partial charge in [0.2, 0.25) is 0 Å². The molecule has 0 bridgehead atoms. The lowest BCUT2D eigenvalue weighted by molar-refractivity contribution is -0.119. The summed E-state index contributed by atoms with van der Waals surface area (Å²) in [5.74, 6) is 1.05. The van der Waals surface area contributed by atoms with Crippen LogP contribution in [0.15, 0.2) is 24.3 Å². The monoisotopic (exact) mass is 220 g/mol. The van der Waals surface area contributed by atoms with Crippen LogP contribution in [0.5, 0.6) is 5.75 Å². The smallest absolute Gasteiger partial charge is 0.255 e. The van der Waals surface area contributed by atoms with E-state index in [-0.39, 0.29) is 6.61 Å². The van der Waals surface area contributed by atoms with Crippen LogP contribution in [0.4, 0.5) is 5.69 Å². The van der Waals surface area contributed by atoms with E-state index in [2.05, 4.69) is 5.32 Å². The zero-order valence-electron chi connectivity index (χ0n) is 9.11. The second kappa shape index (κ2) is 4.88. The van der Waals surface area contributed by atoms with Gasteiger partial charge in [-0.2, -0.15) is 0 Å². The van der Waals surface area contributed by atoms with Gasteiger partial charge in [-0.05, 0) is 43.0 Å². The van der Waals surface area contributed by atoms with Crippen LogP contribution in [-0.2, 0) is 4.79 Å². The molecule has 1 amide bonds. The Kier molecular flexibility index (Phi) is 3.29. The van der Waals surface area contributed by atoms with Gasteiger partial charge in [-0.15, -0.1) is 0 Å². The van der Waals surface area contributed by atoms with Crippen LogP contribution in [0.2, 0.25) is 0 Å². The fraction of sp³-hybridized carbons (Fsp3) is 0.417. The van der Waals surface area contributed by atoms with Crippen molar-refractivity contribution in [2.75, 3.05) is 18.5 Å². The Hall–Kier alpha value is -1.71. The van der Waals surface area contributed by atoms with Crippen molar-refractivity contribution in [2.24, 2.45) is 11.7 Å². The first kappa shape index (κ1) is 10.8. The summed E-state index contributed by atoms with van der Waals surface area (Å²) in [7, 11) is 0. The number of rotatable bonds is 6. The highest BCUT2D eigenvalue weighted by molar-refractivity contribution is 5.75. The Morgan fingerprint density at radius 3 is 2.62 bits per heavy atom. The van der Waals surface area contributed by atoms with E-state index < -0.39 is 5.91 Å². The third-order valence-corrected chi connectivity index (χ3v) is 2.53. The van der Waals surface area contributed by atoms with E-state index in [1.54, 1.807) is 0 Å². The van der Waals surface area contributed by atoms with Crippen molar-refractivity contribution in [2.45, 2.75) is 12.8 Å². The summed E-state index contributed by atoms with van der Waals surface area (Å²) in [6.07, 6.45) is 2.68. The van der Waals surface area contributed by atoms with Gasteiger partial charge in [0.1, 0.15) is 5.75 Å². The molecule has 86 valence electrons. The fourth-order valence-corrected chi connectivity index (χ4v) is 1.41. The minimum absolute atomic E-state index is 0.0746. The van der Waals surface area contributed by atoms with Crippen molar-refractivity contribution < 1.29 is 9.53 Å². The molecule has 0 spiro atoms. The van der Waals surface area contributed by atoms with Crippen molar-refractivity contribution in [3.05, 3.63) is 24.3 Å². The highest BCUT2D eigenvalue weighted by Gasteiger charge is 2.20. The average Bonchev–Trinajstić information content (AvgIpc) is 3.09. The van der Waals surface area contributed by atoms with Crippen LogP contribution < -0.4 is 15.8 Å². The highest BCUT2D eigenvalue weighted by Crippen LogP contribution is 2.29. The third kappa shape index (κ3) is 3.46. The molecule has 0 aromatic heterocycles. The van der Waals surface area contributed by atoms with Gasteiger partial charge in [0.25, 0.3) is 5.91 Å². The van der Waals surface area contributed by atoms with E-state index in [9.17, 15) is 4.79 Å². The molecule has 1 aliphatic carbocycles. The number of nitrogens with two attached hydrogens (primary N) is 1. The molecule has 2 rings (SSSR count). The highest BCUT2D eigenvalue weighted by atomic mass is 16.5. The number of hydrogen-bond donors (Lipinski definition) is 2. The summed E-state index contributed by atoms with van der Waals surface area (Å²) < 4.78 is 5.16. The van der Waals surface area contributed by atoms with E-state index >= 15 is 0 Å². The van der Waals surface area contributed by atoms with Crippen LogP contribution in [-0.4, -0.2) is 19.1 Å². The summed E-state index contributed by atoms with van der Waals surface area (Å²) in [5.41, 5.74) is 6.06. The number of anilines is 1. The summed E-state index contributed by atoms with van der Waals surface area (Å²) in [6, 6.07) is 7.55. The summed E-state index contributed by atoms with van der Waals surface area (Å²) in [4.78, 5) is 10.5. The molecule has 1 aromatic carbocycles. The van der Waals surface area contributed by atoms with Crippen molar-refractivity contribution in [3.63, 3.8) is 0 Å². The van der Waals surface area contributed by atoms with Gasteiger partial charge in [-0.3, -0.25) is 4.79 Å². The number of amides is 1. The van der Waals surface area contributed by atoms with Crippen LogP contribution in [0, 0.1) is 5.92 Å². The minimum Gasteiger partial charge on any atom is -0.484 e. The average molecular weight is 220 g/mol. The Bertz CT molecular complexity index is 358.